The third-order valence-electron chi connectivity index (χ3n) is 4.04. The number of carbonyl (C=O) groups is 1. The van der Waals surface area contributed by atoms with E-state index in [0.717, 1.165) is 34.8 Å². The van der Waals surface area contributed by atoms with Crippen molar-refractivity contribution in [3.63, 3.8) is 0 Å². The Morgan fingerprint density at radius 1 is 1.12 bits per heavy atom. The number of hydrogen-bond acceptors (Lipinski definition) is 4. The van der Waals surface area contributed by atoms with E-state index in [4.69, 9.17) is 0 Å². The molecule has 0 aliphatic rings. The zero-order valence-corrected chi connectivity index (χ0v) is 15.3. The van der Waals surface area contributed by atoms with Crippen LogP contribution in [-0.2, 0) is 6.42 Å². The fourth-order valence-electron chi connectivity index (χ4n) is 2.68. The molecule has 0 aliphatic heterocycles. The topological polar surface area (TPSA) is 47.8 Å². The first kappa shape index (κ1) is 17.4. The van der Waals surface area contributed by atoms with Crippen LogP contribution < -0.4 is 0 Å². The quantitative estimate of drug-likeness (QED) is 0.464. The summed E-state index contributed by atoms with van der Waals surface area (Å²) < 4.78 is 1.93. The van der Waals surface area contributed by atoms with Crippen LogP contribution in [0.3, 0.4) is 0 Å². The Morgan fingerprint density at radius 2 is 1.88 bits per heavy atom. The third kappa shape index (κ3) is 4.17. The summed E-state index contributed by atoms with van der Waals surface area (Å²) in [6.07, 6.45) is 3.84. The van der Waals surface area contributed by atoms with Crippen LogP contribution in [0.25, 0.3) is 5.69 Å². The van der Waals surface area contributed by atoms with Gasteiger partial charge in [-0.3, -0.25) is 9.36 Å². The number of hydrogen-bond donors (Lipinski definition) is 0. The first-order valence-electron chi connectivity index (χ1n) is 8.40. The molecule has 4 nitrogen and oxygen atoms in total. The van der Waals surface area contributed by atoms with E-state index in [0.29, 0.717) is 5.75 Å². The summed E-state index contributed by atoms with van der Waals surface area (Å²) in [4.78, 5) is 12.4. The lowest BCUT2D eigenvalue weighted by Crippen LogP contribution is -2.04. The summed E-state index contributed by atoms with van der Waals surface area (Å²) in [7, 11) is 0. The zero-order chi connectivity index (χ0) is 17.6. The van der Waals surface area contributed by atoms with Gasteiger partial charge in [-0.25, -0.2) is 0 Å². The molecule has 5 heteroatoms. The second-order valence-corrected chi connectivity index (χ2v) is 6.87. The van der Waals surface area contributed by atoms with Gasteiger partial charge in [-0.05, 0) is 30.5 Å². The Morgan fingerprint density at radius 3 is 2.60 bits per heavy atom. The van der Waals surface area contributed by atoms with E-state index in [9.17, 15) is 4.79 Å². The van der Waals surface area contributed by atoms with E-state index in [2.05, 4.69) is 17.1 Å². The lowest BCUT2D eigenvalue weighted by molar-refractivity contribution is 0.102. The van der Waals surface area contributed by atoms with Crippen molar-refractivity contribution in [1.29, 1.82) is 0 Å². The van der Waals surface area contributed by atoms with E-state index in [-0.39, 0.29) is 5.78 Å². The number of benzene rings is 2. The van der Waals surface area contributed by atoms with Gasteiger partial charge in [-0.15, -0.1) is 10.2 Å². The number of Topliss-reactive ketones (excluding diaryl/α,β-unsaturated/α-hetero) is 1. The predicted octanol–water partition coefficient (Wildman–Crippen LogP) is 4.50. The van der Waals surface area contributed by atoms with Gasteiger partial charge in [0.15, 0.2) is 10.9 Å². The van der Waals surface area contributed by atoms with Crippen molar-refractivity contribution < 1.29 is 4.79 Å². The SMILES string of the molecule is CCCc1ccc(C(=O)CSc2nncn2-c2ccccc2C)cc1. The predicted molar refractivity (Wildman–Crippen MR) is 102 cm³/mol. The highest BCUT2D eigenvalue weighted by atomic mass is 32.2. The highest BCUT2D eigenvalue weighted by Gasteiger charge is 2.12. The van der Waals surface area contributed by atoms with Crippen molar-refractivity contribution in [3.8, 4) is 5.69 Å². The van der Waals surface area contributed by atoms with Crippen LogP contribution in [0.1, 0.15) is 34.8 Å². The van der Waals surface area contributed by atoms with Crippen molar-refractivity contribution in [2.24, 2.45) is 0 Å². The second kappa shape index (κ2) is 8.12. The maximum absolute atomic E-state index is 12.4. The molecule has 2 aromatic carbocycles. The Hall–Kier alpha value is -2.40. The van der Waals surface area contributed by atoms with Crippen molar-refractivity contribution in [3.05, 3.63) is 71.5 Å². The summed E-state index contributed by atoms with van der Waals surface area (Å²) in [6, 6.07) is 16.0. The smallest absolute Gasteiger partial charge is 0.196 e. The Labute approximate surface area is 152 Å². The average Bonchev–Trinajstić information content (AvgIpc) is 3.09. The van der Waals surface area contributed by atoms with E-state index < -0.39 is 0 Å². The molecule has 1 aromatic heterocycles. The van der Waals surface area contributed by atoms with Crippen LogP contribution in [0.4, 0.5) is 0 Å². The molecule has 0 fully saturated rings. The zero-order valence-electron chi connectivity index (χ0n) is 14.5. The molecular formula is C20H21N3OS. The molecule has 25 heavy (non-hydrogen) atoms. The third-order valence-corrected chi connectivity index (χ3v) is 4.98. The van der Waals surface area contributed by atoms with Crippen LogP contribution >= 0.6 is 11.8 Å². The summed E-state index contributed by atoms with van der Waals surface area (Å²) in [5.41, 5.74) is 4.19. The van der Waals surface area contributed by atoms with E-state index in [1.807, 2.05) is 60.0 Å². The van der Waals surface area contributed by atoms with Gasteiger partial charge in [0.2, 0.25) is 0 Å². The second-order valence-electron chi connectivity index (χ2n) is 5.93. The van der Waals surface area contributed by atoms with Crippen LogP contribution in [0, 0.1) is 6.92 Å². The molecule has 0 amide bonds. The lowest BCUT2D eigenvalue weighted by Gasteiger charge is -2.09. The molecule has 0 unspecified atom stereocenters. The molecule has 128 valence electrons. The highest BCUT2D eigenvalue weighted by molar-refractivity contribution is 7.99. The minimum Gasteiger partial charge on any atom is -0.293 e. The van der Waals surface area contributed by atoms with Gasteiger partial charge in [-0.1, -0.05) is 67.6 Å². The number of ketones is 1. The van der Waals surface area contributed by atoms with Crippen LogP contribution in [0.5, 0.6) is 0 Å². The number of aromatic nitrogens is 3. The fourth-order valence-corrected chi connectivity index (χ4v) is 3.50. The summed E-state index contributed by atoms with van der Waals surface area (Å²) >= 11 is 1.41. The molecule has 0 bridgehead atoms. The average molecular weight is 351 g/mol. The Balaban J connectivity index is 1.69. The number of para-hydroxylation sites is 1. The molecule has 3 aromatic rings. The number of aryl methyl sites for hydroxylation is 2. The largest absolute Gasteiger partial charge is 0.293 e. The van der Waals surface area contributed by atoms with Gasteiger partial charge in [0.1, 0.15) is 6.33 Å². The van der Waals surface area contributed by atoms with E-state index >= 15 is 0 Å². The van der Waals surface area contributed by atoms with Gasteiger partial charge >= 0.3 is 0 Å². The molecule has 0 atom stereocenters. The van der Waals surface area contributed by atoms with Gasteiger partial charge in [0, 0.05) is 5.56 Å². The molecule has 0 N–H and O–H groups in total. The van der Waals surface area contributed by atoms with Gasteiger partial charge in [-0.2, -0.15) is 0 Å². The van der Waals surface area contributed by atoms with E-state index in [1.54, 1.807) is 6.33 Å². The minimum absolute atomic E-state index is 0.104. The van der Waals surface area contributed by atoms with E-state index in [1.165, 1.54) is 17.3 Å². The molecule has 3 rings (SSSR count). The monoisotopic (exact) mass is 351 g/mol. The maximum atomic E-state index is 12.4. The summed E-state index contributed by atoms with van der Waals surface area (Å²) in [5.74, 6) is 0.449. The minimum atomic E-state index is 0.104. The van der Waals surface area contributed by atoms with Gasteiger partial charge in [0.05, 0.1) is 11.4 Å². The lowest BCUT2D eigenvalue weighted by atomic mass is 10.1. The van der Waals surface area contributed by atoms with Crippen molar-refractivity contribution in [2.75, 3.05) is 5.75 Å². The maximum Gasteiger partial charge on any atom is 0.196 e. The standard InChI is InChI=1S/C20H21N3OS/c1-3-6-16-9-11-17(12-10-16)19(24)13-25-20-22-21-14-23(20)18-8-5-4-7-15(18)2/h4-5,7-12,14H,3,6,13H2,1-2H3. The summed E-state index contributed by atoms with van der Waals surface area (Å²) in [5, 5.41) is 8.89. The van der Waals surface area contributed by atoms with Crippen molar-refractivity contribution >= 4 is 17.5 Å². The van der Waals surface area contributed by atoms with Crippen molar-refractivity contribution in [2.45, 2.75) is 31.8 Å². The molecular weight excluding hydrogens is 330 g/mol. The normalized spacial score (nSPS) is 10.8. The Bertz CT molecular complexity index is 855. The molecule has 0 radical (unpaired) electrons. The molecule has 1 heterocycles. The Kier molecular flexibility index (Phi) is 5.66. The first-order chi connectivity index (χ1) is 12.2. The number of rotatable bonds is 7. The van der Waals surface area contributed by atoms with Crippen LogP contribution in [0.15, 0.2) is 60.0 Å². The van der Waals surface area contributed by atoms with Crippen LogP contribution in [-0.4, -0.2) is 26.3 Å². The molecule has 0 aliphatic carbocycles. The summed E-state index contributed by atoms with van der Waals surface area (Å²) in [6.45, 7) is 4.20. The van der Waals surface area contributed by atoms with Crippen molar-refractivity contribution in [1.82, 2.24) is 14.8 Å². The fraction of sp³-hybridized carbons (Fsp3) is 0.250. The number of carbonyl (C=O) groups excluding carboxylic acids is 1. The molecule has 0 saturated carbocycles. The first-order valence-corrected chi connectivity index (χ1v) is 9.38. The van der Waals surface area contributed by atoms with Gasteiger partial charge in [0.25, 0.3) is 0 Å². The molecule has 0 saturated heterocycles. The number of nitrogens with zero attached hydrogens (tertiary/aromatic N) is 3. The van der Waals surface area contributed by atoms with Gasteiger partial charge < -0.3 is 0 Å². The molecule has 0 spiro atoms. The number of thioether (sulfide) groups is 1. The highest BCUT2D eigenvalue weighted by Crippen LogP contribution is 2.22. The van der Waals surface area contributed by atoms with Crippen LogP contribution in [0.2, 0.25) is 0 Å².